The second kappa shape index (κ2) is 6.56. The fourth-order valence-electron chi connectivity index (χ4n) is 1.38. The van der Waals surface area contributed by atoms with Crippen LogP contribution in [0.2, 0.25) is 0 Å². The van der Waals surface area contributed by atoms with Crippen molar-refractivity contribution < 1.29 is 14.2 Å². The molecule has 0 aromatic heterocycles. The quantitative estimate of drug-likeness (QED) is 0.732. The number of ether oxygens (including phenoxy) is 3. The molecule has 0 atom stereocenters. The monoisotopic (exact) mass is 233 g/mol. The Hall–Kier alpha value is -1.99. The third-order valence-corrected chi connectivity index (χ3v) is 2.16. The fourth-order valence-corrected chi connectivity index (χ4v) is 1.38. The second-order valence-electron chi connectivity index (χ2n) is 3.36. The number of hydrogen-bond acceptors (Lipinski definition) is 4. The molecule has 0 aliphatic heterocycles. The maximum Gasteiger partial charge on any atom is 0.123 e. The number of nitrogens with zero attached hydrogens (tertiary/aromatic N) is 1. The second-order valence-corrected chi connectivity index (χ2v) is 3.36. The van der Waals surface area contributed by atoms with Crippen LogP contribution in [0.15, 0.2) is 23.8 Å². The molecule has 0 heterocycles. The average molecular weight is 233 g/mol. The first-order chi connectivity index (χ1) is 8.23. The van der Waals surface area contributed by atoms with Gasteiger partial charge >= 0.3 is 0 Å². The number of hydrogen-bond donors (Lipinski definition) is 0. The summed E-state index contributed by atoms with van der Waals surface area (Å²) in [6.45, 7) is 0.288. The molecule has 0 amide bonds. The zero-order valence-corrected chi connectivity index (χ0v) is 10.2. The van der Waals surface area contributed by atoms with Gasteiger partial charge in [0, 0.05) is 13.2 Å². The summed E-state index contributed by atoms with van der Waals surface area (Å²) in [7, 11) is 4.72. The minimum absolute atomic E-state index is 0.288. The smallest absolute Gasteiger partial charge is 0.123 e. The van der Waals surface area contributed by atoms with Gasteiger partial charge in [0.25, 0.3) is 0 Å². The van der Waals surface area contributed by atoms with Gasteiger partial charge in [-0.3, -0.25) is 0 Å². The lowest BCUT2D eigenvalue weighted by Gasteiger charge is -2.06. The molecule has 0 fully saturated rings. The van der Waals surface area contributed by atoms with Crippen LogP contribution in [-0.4, -0.2) is 27.9 Å². The van der Waals surface area contributed by atoms with E-state index in [1.165, 1.54) is 0 Å². The van der Waals surface area contributed by atoms with E-state index in [1.807, 2.05) is 12.1 Å². The van der Waals surface area contributed by atoms with Crippen molar-refractivity contribution in [2.75, 3.05) is 27.9 Å². The van der Waals surface area contributed by atoms with Gasteiger partial charge in [0.2, 0.25) is 0 Å². The van der Waals surface area contributed by atoms with E-state index in [0.29, 0.717) is 17.1 Å². The molecule has 1 rings (SSSR count). The first-order valence-corrected chi connectivity index (χ1v) is 5.06. The number of nitriles is 1. The number of methoxy groups -OCH3 is 3. The molecule has 4 nitrogen and oxygen atoms in total. The summed E-state index contributed by atoms with van der Waals surface area (Å²) in [5, 5.41) is 8.91. The van der Waals surface area contributed by atoms with Crippen LogP contribution < -0.4 is 9.47 Å². The highest BCUT2D eigenvalue weighted by Crippen LogP contribution is 2.23. The molecule has 17 heavy (non-hydrogen) atoms. The van der Waals surface area contributed by atoms with E-state index in [-0.39, 0.29) is 6.61 Å². The summed E-state index contributed by atoms with van der Waals surface area (Å²) in [5.74, 6) is 1.37. The molecule has 0 radical (unpaired) electrons. The maximum atomic E-state index is 8.91. The van der Waals surface area contributed by atoms with Gasteiger partial charge in [-0.1, -0.05) is 0 Å². The Bertz CT molecular complexity index is 424. The molecule has 90 valence electrons. The van der Waals surface area contributed by atoms with Crippen LogP contribution in [0.3, 0.4) is 0 Å². The van der Waals surface area contributed by atoms with E-state index in [1.54, 1.807) is 33.5 Å². The molecular formula is C13H15NO3. The summed E-state index contributed by atoms with van der Waals surface area (Å²) in [5.41, 5.74) is 1.39. The van der Waals surface area contributed by atoms with Crippen LogP contribution in [-0.2, 0) is 4.74 Å². The zero-order chi connectivity index (χ0) is 12.7. The fraction of sp³-hybridized carbons (Fsp3) is 0.308. The molecule has 0 unspecified atom stereocenters. The van der Waals surface area contributed by atoms with Gasteiger partial charge in [-0.2, -0.15) is 5.26 Å². The van der Waals surface area contributed by atoms with Crippen molar-refractivity contribution in [2.24, 2.45) is 0 Å². The number of rotatable bonds is 5. The first kappa shape index (κ1) is 13.1. The molecule has 0 spiro atoms. The molecular weight excluding hydrogens is 218 g/mol. The number of benzene rings is 1. The van der Waals surface area contributed by atoms with Gasteiger partial charge in [-0.25, -0.2) is 0 Å². The molecule has 0 saturated heterocycles. The van der Waals surface area contributed by atoms with E-state index < -0.39 is 0 Å². The predicted octanol–water partition coefficient (Wildman–Crippen LogP) is 2.26. The lowest BCUT2D eigenvalue weighted by Crippen LogP contribution is -1.92. The van der Waals surface area contributed by atoms with Gasteiger partial charge < -0.3 is 14.2 Å². The standard InChI is InChI=1S/C13H15NO3/c1-15-9-11(8-14)4-10-5-12(16-2)7-13(6-10)17-3/h4-7H,9H2,1-3H3/b11-4+. The summed E-state index contributed by atoms with van der Waals surface area (Å²) < 4.78 is 15.2. The lowest BCUT2D eigenvalue weighted by molar-refractivity contribution is 0.229. The molecule has 0 bridgehead atoms. The Morgan fingerprint density at radius 2 is 1.76 bits per heavy atom. The van der Waals surface area contributed by atoms with Crippen molar-refractivity contribution in [3.8, 4) is 17.6 Å². The summed E-state index contributed by atoms with van der Waals surface area (Å²) in [6, 6.07) is 7.52. The summed E-state index contributed by atoms with van der Waals surface area (Å²) >= 11 is 0. The predicted molar refractivity (Wildman–Crippen MR) is 65.0 cm³/mol. The van der Waals surface area contributed by atoms with Crippen molar-refractivity contribution in [3.05, 3.63) is 29.3 Å². The highest BCUT2D eigenvalue weighted by Gasteiger charge is 2.02. The molecule has 0 N–H and O–H groups in total. The van der Waals surface area contributed by atoms with Gasteiger partial charge in [0.1, 0.15) is 11.5 Å². The Balaban J connectivity index is 3.08. The van der Waals surface area contributed by atoms with Crippen molar-refractivity contribution in [3.63, 3.8) is 0 Å². The lowest BCUT2D eigenvalue weighted by atomic mass is 10.1. The Kier molecular flexibility index (Phi) is 5.05. The van der Waals surface area contributed by atoms with E-state index in [2.05, 4.69) is 6.07 Å². The van der Waals surface area contributed by atoms with Crippen LogP contribution >= 0.6 is 0 Å². The highest BCUT2D eigenvalue weighted by atomic mass is 16.5. The van der Waals surface area contributed by atoms with Crippen molar-refractivity contribution in [1.29, 1.82) is 5.26 Å². The first-order valence-electron chi connectivity index (χ1n) is 5.06. The zero-order valence-electron chi connectivity index (χ0n) is 10.2. The molecule has 1 aromatic carbocycles. The largest absolute Gasteiger partial charge is 0.497 e. The van der Waals surface area contributed by atoms with Gasteiger partial charge in [0.05, 0.1) is 32.5 Å². The molecule has 1 aromatic rings. The Morgan fingerprint density at radius 1 is 1.18 bits per heavy atom. The third-order valence-electron chi connectivity index (χ3n) is 2.16. The molecule has 0 aliphatic carbocycles. The topological polar surface area (TPSA) is 51.5 Å². The summed E-state index contributed by atoms with van der Waals surface area (Å²) in [6.07, 6.45) is 1.74. The Labute approximate surface area is 101 Å². The van der Waals surface area contributed by atoms with Crippen LogP contribution in [0.1, 0.15) is 5.56 Å². The van der Waals surface area contributed by atoms with Gasteiger partial charge in [0.15, 0.2) is 0 Å². The van der Waals surface area contributed by atoms with Crippen LogP contribution in [0.25, 0.3) is 6.08 Å². The average Bonchev–Trinajstić information content (AvgIpc) is 2.37. The van der Waals surface area contributed by atoms with Crippen LogP contribution in [0, 0.1) is 11.3 Å². The van der Waals surface area contributed by atoms with E-state index in [4.69, 9.17) is 19.5 Å². The van der Waals surface area contributed by atoms with E-state index in [0.717, 1.165) is 5.56 Å². The van der Waals surface area contributed by atoms with Crippen LogP contribution in [0.4, 0.5) is 0 Å². The van der Waals surface area contributed by atoms with Gasteiger partial charge in [-0.05, 0) is 23.8 Å². The third kappa shape index (κ3) is 3.82. The SMILES string of the molecule is COC/C(C#N)=C/c1cc(OC)cc(OC)c1. The summed E-state index contributed by atoms with van der Waals surface area (Å²) in [4.78, 5) is 0. The van der Waals surface area contributed by atoms with Crippen LogP contribution in [0.5, 0.6) is 11.5 Å². The van der Waals surface area contributed by atoms with Gasteiger partial charge in [-0.15, -0.1) is 0 Å². The minimum Gasteiger partial charge on any atom is -0.497 e. The van der Waals surface area contributed by atoms with Crippen molar-refractivity contribution in [1.82, 2.24) is 0 Å². The molecule has 0 aliphatic rings. The highest BCUT2D eigenvalue weighted by molar-refractivity contribution is 5.60. The maximum absolute atomic E-state index is 8.91. The normalized spacial score (nSPS) is 10.8. The molecule has 4 heteroatoms. The Morgan fingerprint density at radius 3 is 2.18 bits per heavy atom. The minimum atomic E-state index is 0.288. The van der Waals surface area contributed by atoms with Crippen molar-refractivity contribution in [2.45, 2.75) is 0 Å². The van der Waals surface area contributed by atoms with E-state index in [9.17, 15) is 0 Å². The molecule has 0 saturated carbocycles. The van der Waals surface area contributed by atoms with E-state index >= 15 is 0 Å². The van der Waals surface area contributed by atoms with Crippen molar-refractivity contribution >= 4 is 6.08 Å².